The quantitative estimate of drug-likeness (QED) is 0.0709. The molecule has 9 rings (SSSR count). The molecule has 0 bridgehead atoms. The molecule has 66 heavy (non-hydrogen) atoms. The smallest absolute Gasteiger partial charge is 0.367 e. The number of benzene rings is 2. The van der Waals surface area contributed by atoms with Crippen LogP contribution < -0.4 is 4.74 Å². The van der Waals surface area contributed by atoms with Gasteiger partial charge in [-0.15, -0.1) is 45.3 Å². The molecule has 2 aromatic carbocycles. The van der Waals surface area contributed by atoms with Gasteiger partial charge in [0.05, 0.1) is 35.3 Å². The van der Waals surface area contributed by atoms with Crippen LogP contribution in [0.25, 0.3) is 28.6 Å². The van der Waals surface area contributed by atoms with Crippen LogP contribution in [-0.2, 0) is 47.5 Å². The Kier molecular flexibility index (Phi) is 12.2. The number of carbonyl (C=O) groups is 4. The first-order chi connectivity index (χ1) is 32.1. The molecule has 1 unspecified atom stereocenters. The molecule has 0 saturated carbocycles. The van der Waals surface area contributed by atoms with Crippen LogP contribution in [0.3, 0.4) is 0 Å². The van der Waals surface area contributed by atoms with E-state index in [0.717, 1.165) is 34.9 Å². The molecule has 4 aromatic heterocycles. The molecular formula is C46H27N7O7S6. The number of ether oxygens (including phenoxy) is 3. The number of carbonyl (C=O) groups excluding carboxylic acids is 4. The summed E-state index contributed by atoms with van der Waals surface area (Å²) in [5, 5.41) is 39.5. The van der Waals surface area contributed by atoms with E-state index in [0.29, 0.717) is 61.0 Å². The van der Waals surface area contributed by atoms with Crippen molar-refractivity contribution in [3.8, 4) is 39.8 Å². The van der Waals surface area contributed by atoms with Crippen LogP contribution in [0, 0.1) is 51.2 Å². The molecule has 324 valence electrons. The Bertz CT molecular complexity index is 3280. The van der Waals surface area contributed by atoms with Crippen LogP contribution in [0.2, 0.25) is 0 Å². The summed E-state index contributed by atoms with van der Waals surface area (Å²) < 4.78 is 21.2. The third-order valence-electron chi connectivity index (χ3n) is 10.4. The maximum atomic E-state index is 15.1. The highest BCUT2D eigenvalue weighted by atomic mass is 32.2. The molecule has 0 N–H and O–H groups in total. The van der Waals surface area contributed by atoms with Gasteiger partial charge in [0.25, 0.3) is 5.91 Å². The minimum Gasteiger partial charge on any atom is -0.457 e. The van der Waals surface area contributed by atoms with Gasteiger partial charge < -0.3 is 14.2 Å². The van der Waals surface area contributed by atoms with Crippen molar-refractivity contribution in [2.75, 3.05) is 6.54 Å². The molecule has 1 atom stereocenters. The third kappa shape index (κ3) is 7.57. The Morgan fingerprint density at radius 3 is 1.83 bits per heavy atom. The van der Waals surface area contributed by atoms with Gasteiger partial charge in [0, 0.05) is 16.1 Å². The summed E-state index contributed by atoms with van der Waals surface area (Å²) in [4.78, 5) is 69.3. The number of ketones is 1. The fraction of sp³-hybridized carbons (Fsp3) is 0.174. The molecular weight excluding hydrogens is 955 g/mol. The number of hydrogen-bond acceptors (Lipinski definition) is 19. The van der Waals surface area contributed by atoms with Gasteiger partial charge in [-0.3, -0.25) is 14.5 Å². The number of thiophene rings is 4. The number of nitrogens with zero attached hydrogens (tertiary/aromatic N) is 7. The first-order valence-corrected chi connectivity index (χ1v) is 24.7. The largest absolute Gasteiger partial charge is 0.457 e. The summed E-state index contributed by atoms with van der Waals surface area (Å²) in [5.41, 5.74) is -1.37. The lowest BCUT2D eigenvalue weighted by molar-refractivity contribution is -0.183. The number of esters is 2. The Hall–Kier alpha value is -6.88. The van der Waals surface area contributed by atoms with Gasteiger partial charge in [-0.2, -0.15) is 21.0 Å². The van der Waals surface area contributed by atoms with Crippen molar-refractivity contribution in [2.45, 2.75) is 39.1 Å². The van der Waals surface area contributed by atoms with Gasteiger partial charge in [0.1, 0.15) is 63.1 Å². The fourth-order valence-electron chi connectivity index (χ4n) is 7.35. The first-order valence-electron chi connectivity index (χ1n) is 19.8. The van der Waals surface area contributed by atoms with E-state index >= 15 is 9.59 Å². The lowest BCUT2D eigenvalue weighted by atomic mass is 9.90. The van der Waals surface area contributed by atoms with Gasteiger partial charge in [-0.25, -0.2) is 19.6 Å². The van der Waals surface area contributed by atoms with Gasteiger partial charge in [-0.05, 0) is 48.4 Å². The molecule has 0 spiro atoms. The molecule has 3 aliphatic rings. The minimum atomic E-state index is -2.53. The molecule has 0 aliphatic carbocycles. The average molecular weight is 982 g/mol. The predicted molar refractivity (Wildman–Crippen MR) is 255 cm³/mol. The van der Waals surface area contributed by atoms with Crippen LogP contribution in [0.1, 0.15) is 37.0 Å². The van der Waals surface area contributed by atoms with E-state index < -0.39 is 29.4 Å². The summed E-state index contributed by atoms with van der Waals surface area (Å²) in [6.45, 7) is 3.32. The summed E-state index contributed by atoms with van der Waals surface area (Å²) in [6, 6.07) is 28.9. The summed E-state index contributed by atoms with van der Waals surface area (Å²) in [5.74, 6) is -3.30. The van der Waals surface area contributed by atoms with E-state index in [-0.39, 0.29) is 63.1 Å². The average Bonchev–Trinajstić information content (AvgIpc) is 4.18. The van der Waals surface area contributed by atoms with Crippen molar-refractivity contribution in [2.24, 2.45) is 15.9 Å². The fourth-order valence-corrected chi connectivity index (χ4v) is 14.8. The Morgan fingerprint density at radius 1 is 0.727 bits per heavy atom. The van der Waals surface area contributed by atoms with Crippen molar-refractivity contribution >= 4 is 131 Å². The normalized spacial score (nSPS) is 17.2. The highest BCUT2D eigenvalue weighted by Gasteiger charge is 2.60. The number of aliphatic imine (C=N–C) groups is 2. The zero-order chi connectivity index (χ0) is 46.3. The van der Waals surface area contributed by atoms with E-state index in [4.69, 9.17) is 14.2 Å². The SMILES string of the molecule is CCC1C(=O)/C(=N\c2cc3sc4c(c3s2)OC(C(=O)OCc2ccccc2)(C(=O)OCc2ccccc2)c2c-4sc3cc(/N=C4\SC(=C(C#N)C#N)N(CC)C4=O)sc23)SC1=C(C#N)C#N. The van der Waals surface area contributed by atoms with E-state index in [1.807, 2.05) is 36.4 Å². The maximum absolute atomic E-state index is 15.1. The van der Waals surface area contributed by atoms with Crippen molar-refractivity contribution in [3.05, 3.63) is 111 Å². The summed E-state index contributed by atoms with van der Waals surface area (Å²) >= 11 is 6.87. The topological polar surface area (TPSA) is 219 Å². The predicted octanol–water partition coefficient (Wildman–Crippen LogP) is 10.5. The van der Waals surface area contributed by atoms with E-state index in [9.17, 15) is 30.6 Å². The lowest BCUT2D eigenvalue weighted by Gasteiger charge is -2.33. The Balaban J connectivity index is 1.20. The van der Waals surface area contributed by atoms with Crippen LogP contribution in [0.5, 0.6) is 5.75 Å². The second-order valence-electron chi connectivity index (χ2n) is 14.3. The molecule has 1 amide bonds. The van der Waals surface area contributed by atoms with E-state index in [1.54, 1.807) is 74.5 Å². The number of Topliss-reactive ketones (excluding diaryl/α,β-unsaturated/α-hetero) is 1. The standard InChI is InChI=1S/C46H27N7O7S6/c1-3-27-33(54)40(65-35(27)25(17-47)18-48)51-30-16-29-37(64-30)34-39(62-29)38-32(36-28(61-38)15-31(63-36)52-41-42(55)53(4-2)43(66-41)26(19-49)20-50)46(60-34,44(56)58-21-23-11-7-5-8-12-23)45(57)59-22-24-13-9-6-10-14-24/h5-16,27H,3-4,21-22H2,1-2H3/b51-40+,52-41-. The number of nitriles is 4. The van der Waals surface area contributed by atoms with Crippen LogP contribution in [0.15, 0.2) is 104 Å². The third-order valence-corrected chi connectivity index (χ3v) is 17.5. The van der Waals surface area contributed by atoms with Crippen molar-refractivity contribution < 1.29 is 33.4 Å². The monoisotopic (exact) mass is 981 g/mol. The Labute approximate surface area is 400 Å². The molecule has 7 heterocycles. The van der Waals surface area contributed by atoms with Crippen molar-refractivity contribution in [1.29, 1.82) is 21.0 Å². The highest BCUT2D eigenvalue weighted by molar-refractivity contribution is 8.20. The van der Waals surface area contributed by atoms with Crippen molar-refractivity contribution in [3.63, 3.8) is 0 Å². The lowest BCUT2D eigenvalue weighted by Crippen LogP contribution is -2.52. The number of hydrogen-bond donors (Lipinski definition) is 0. The molecule has 3 aliphatic heterocycles. The zero-order valence-corrected chi connectivity index (χ0v) is 39.2. The molecule has 14 nitrogen and oxygen atoms in total. The Morgan fingerprint density at radius 2 is 1.27 bits per heavy atom. The number of amides is 1. The van der Waals surface area contributed by atoms with Gasteiger partial charge in [-0.1, -0.05) is 79.3 Å². The second-order valence-corrected chi connectivity index (χ2v) is 20.5. The second kappa shape index (κ2) is 18.2. The molecule has 2 saturated heterocycles. The van der Waals surface area contributed by atoms with Gasteiger partial charge in [0.15, 0.2) is 22.1 Å². The molecule has 0 radical (unpaired) electrons. The highest BCUT2D eigenvalue weighted by Crippen LogP contribution is 2.62. The van der Waals surface area contributed by atoms with Crippen LogP contribution >= 0.6 is 68.9 Å². The summed E-state index contributed by atoms with van der Waals surface area (Å²) in [6.07, 6.45) is 0.380. The minimum absolute atomic E-state index is 0.0376. The van der Waals surface area contributed by atoms with E-state index in [2.05, 4.69) is 9.98 Å². The van der Waals surface area contributed by atoms with E-state index in [1.165, 1.54) is 38.9 Å². The zero-order valence-electron chi connectivity index (χ0n) is 34.3. The molecule has 2 fully saturated rings. The van der Waals surface area contributed by atoms with Crippen molar-refractivity contribution in [1.82, 2.24) is 4.90 Å². The van der Waals surface area contributed by atoms with Crippen LogP contribution in [0.4, 0.5) is 10.0 Å². The first kappa shape index (κ1) is 44.3. The van der Waals surface area contributed by atoms with Crippen LogP contribution in [-0.4, -0.2) is 45.2 Å². The number of fused-ring (bicyclic) bond motifs is 7. The number of thioether (sulfide) groups is 2. The molecule has 20 heteroatoms. The van der Waals surface area contributed by atoms with Gasteiger partial charge in [0.2, 0.25) is 0 Å². The maximum Gasteiger partial charge on any atom is 0.367 e. The number of rotatable bonds is 10. The summed E-state index contributed by atoms with van der Waals surface area (Å²) in [7, 11) is 0. The molecule has 6 aromatic rings. The number of allylic oxidation sites excluding steroid dienone is 3. The van der Waals surface area contributed by atoms with Gasteiger partial charge >= 0.3 is 17.5 Å².